The molecule has 79 valence electrons. The Morgan fingerprint density at radius 2 is 2.07 bits per heavy atom. The molecule has 0 saturated carbocycles. The lowest BCUT2D eigenvalue weighted by Crippen LogP contribution is -2.19. The SMILES string of the molecule is C#CCOC(=O)C[P]1(O)CCCCC1. The molecule has 1 fully saturated rings. The van der Waals surface area contributed by atoms with Gasteiger partial charge in [0.15, 0.2) is 6.61 Å². The molecule has 1 aliphatic rings. The maximum Gasteiger partial charge on any atom is 0.312 e. The zero-order valence-electron chi connectivity index (χ0n) is 8.24. The predicted octanol–water partition coefficient (Wildman–Crippen LogP) is 1.27. The standard InChI is InChI=1S/C10H16O3P/c1-2-6-13-10(11)9-14(12)7-4-3-5-8-14/h1,12H,3-9H2. The summed E-state index contributed by atoms with van der Waals surface area (Å²) in [6.07, 6.45) is 10.00. The fourth-order valence-corrected chi connectivity index (χ4v) is 4.40. The van der Waals surface area contributed by atoms with Crippen LogP contribution in [0.2, 0.25) is 0 Å². The van der Waals surface area contributed by atoms with Gasteiger partial charge in [-0.15, -0.1) is 6.42 Å². The molecular formula is C10H16O3P. The van der Waals surface area contributed by atoms with Crippen LogP contribution < -0.4 is 0 Å². The van der Waals surface area contributed by atoms with E-state index in [0.717, 1.165) is 25.2 Å². The fraction of sp³-hybridized carbons (Fsp3) is 0.700. The molecular weight excluding hydrogens is 199 g/mol. The van der Waals surface area contributed by atoms with Crippen molar-refractivity contribution in [2.75, 3.05) is 25.1 Å². The van der Waals surface area contributed by atoms with Gasteiger partial charge in [0.1, 0.15) is 0 Å². The molecule has 0 amide bonds. The van der Waals surface area contributed by atoms with Crippen LogP contribution in [0.4, 0.5) is 0 Å². The molecule has 1 radical (unpaired) electrons. The van der Waals surface area contributed by atoms with Gasteiger partial charge in [0.05, 0.1) is 6.16 Å². The second-order valence-electron chi connectivity index (χ2n) is 3.63. The van der Waals surface area contributed by atoms with E-state index in [2.05, 4.69) is 5.92 Å². The average Bonchev–Trinajstić information content (AvgIpc) is 2.15. The lowest BCUT2D eigenvalue weighted by Gasteiger charge is -2.32. The smallest absolute Gasteiger partial charge is 0.312 e. The number of hydrogen-bond donors (Lipinski definition) is 1. The number of rotatable bonds is 3. The van der Waals surface area contributed by atoms with Crippen LogP contribution in [-0.2, 0) is 9.53 Å². The number of hydrogen-bond acceptors (Lipinski definition) is 3. The van der Waals surface area contributed by atoms with Gasteiger partial charge in [-0.05, 0) is 32.7 Å². The summed E-state index contributed by atoms with van der Waals surface area (Å²) in [5.74, 6) is 1.89. The molecule has 1 aliphatic heterocycles. The first kappa shape index (κ1) is 11.5. The lowest BCUT2D eigenvalue weighted by atomic mass is 10.3. The lowest BCUT2D eigenvalue weighted by molar-refractivity contribution is -0.139. The molecule has 0 bridgehead atoms. The summed E-state index contributed by atoms with van der Waals surface area (Å²) in [6, 6.07) is 0. The Kier molecular flexibility index (Phi) is 4.38. The zero-order valence-corrected chi connectivity index (χ0v) is 9.13. The molecule has 1 N–H and O–H groups in total. The summed E-state index contributed by atoms with van der Waals surface area (Å²) in [7, 11) is -2.00. The number of carbonyl (C=O) groups excluding carboxylic acids is 1. The van der Waals surface area contributed by atoms with E-state index in [-0.39, 0.29) is 18.7 Å². The van der Waals surface area contributed by atoms with Gasteiger partial charge in [-0.25, -0.2) is 0 Å². The summed E-state index contributed by atoms with van der Waals surface area (Å²) in [5, 5.41) is 0. The number of terminal acetylenes is 1. The van der Waals surface area contributed by atoms with Crippen LogP contribution >= 0.6 is 7.49 Å². The van der Waals surface area contributed by atoms with Crippen molar-refractivity contribution in [3.63, 3.8) is 0 Å². The predicted molar refractivity (Wildman–Crippen MR) is 57.4 cm³/mol. The maximum atomic E-state index is 11.2. The highest BCUT2D eigenvalue weighted by atomic mass is 31.2. The Morgan fingerprint density at radius 1 is 1.43 bits per heavy atom. The van der Waals surface area contributed by atoms with Crippen LogP contribution in [0.15, 0.2) is 0 Å². The molecule has 0 spiro atoms. The molecule has 0 aromatic rings. The van der Waals surface area contributed by atoms with E-state index in [1.54, 1.807) is 0 Å². The first-order valence-corrected chi connectivity index (χ1v) is 7.14. The monoisotopic (exact) mass is 215 g/mol. The van der Waals surface area contributed by atoms with Crippen molar-refractivity contribution >= 4 is 13.5 Å². The zero-order chi connectivity index (χ0) is 10.4. The van der Waals surface area contributed by atoms with Crippen molar-refractivity contribution < 1.29 is 14.4 Å². The topological polar surface area (TPSA) is 46.5 Å². The van der Waals surface area contributed by atoms with Crippen molar-refractivity contribution in [3.8, 4) is 12.3 Å². The van der Waals surface area contributed by atoms with Crippen molar-refractivity contribution in [3.05, 3.63) is 0 Å². The van der Waals surface area contributed by atoms with E-state index in [9.17, 15) is 9.69 Å². The molecule has 1 saturated heterocycles. The van der Waals surface area contributed by atoms with E-state index >= 15 is 0 Å². The number of ether oxygens (including phenoxy) is 1. The van der Waals surface area contributed by atoms with E-state index in [1.807, 2.05) is 0 Å². The highest BCUT2D eigenvalue weighted by Crippen LogP contribution is 2.58. The Bertz CT molecular complexity index is 238. The molecule has 0 atom stereocenters. The van der Waals surface area contributed by atoms with Crippen LogP contribution in [0, 0.1) is 12.3 Å². The molecule has 0 aromatic heterocycles. The average molecular weight is 215 g/mol. The molecule has 1 heterocycles. The van der Waals surface area contributed by atoms with Gasteiger partial charge in [0.2, 0.25) is 0 Å². The van der Waals surface area contributed by atoms with Gasteiger partial charge in [-0.2, -0.15) is 0 Å². The van der Waals surface area contributed by atoms with Crippen LogP contribution in [0.25, 0.3) is 0 Å². The number of esters is 1. The van der Waals surface area contributed by atoms with E-state index in [0.29, 0.717) is 0 Å². The minimum Gasteiger partial charge on any atom is -0.452 e. The highest BCUT2D eigenvalue weighted by molar-refractivity contribution is 7.71. The van der Waals surface area contributed by atoms with Gasteiger partial charge >= 0.3 is 5.97 Å². The summed E-state index contributed by atoms with van der Waals surface area (Å²) >= 11 is 0. The third kappa shape index (κ3) is 3.65. The third-order valence-corrected chi connectivity index (χ3v) is 5.53. The van der Waals surface area contributed by atoms with Crippen molar-refractivity contribution in [1.82, 2.24) is 0 Å². The van der Waals surface area contributed by atoms with Crippen LogP contribution in [0.1, 0.15) is 19.3 Å². The molecule has 1 rings (SSSR count). The minimum atomic E-state index is -2.00. The van der Waals surface area contributed by atoms with Crippen molar-refractivity contribution in [2.45, 2.75) is 19.3 Å². The second-order valence-corrected chi connectivity index (χ2v) is 7.03. The highest BCUT2D eigenvalue weighted by Gasteiger charge is 2.30. The molecule has 14 heavy (non-hydrogen) atoms. The van der Waals surface area contributed by atoms with Gasteiger partial charge in [0, 0.05) is 0 Å². The molecule has 0 unspecified atom stereocenters. The number of carbonyl (C=O) groups is 1. The quantitative estimate of drug-likeness (QED) is 0.438. The largest absolute Gasteiger partial charge is 0.452 e. The maximum absolute atomic E-state index is 11.2. The summed E-state index contributed by atoms with van der Waals surface area (Å²) in [4.78, 5) is 21.3. The Balaban J connectivity index is 2.34. The van der Waals surface area contributed by atoms with E-state index in [1.165, 1.54) is 6.42 Å². The third-order valence-electron chi connectivity index (χ3n) is 2.39. The van der Waals surface area contributed by atoms with Gasteiger partial charge in [-0.3, -0.25) is 4.79 Å². The van der Waals surface area contributed by atoms with Gasteiger partial charge < -0.3 is 9.63 Å². The van der Waals surface area contributed by atoms with Crippen LogP contribution in [-0.4, -0.2) is 36.0 Å². The summed E-state index contributed by atoms with van der Waals surface area (Å²) in [5.41, 5.74) is 0. The van der Waals surface area contributed by atoms with Gasteiger partial charge in [0.25, 0.3) is 0 Å². The Labute approximate surface area is 85.3 Å². The van der Waals surface area contributed by atoms with Crippen LogP contribution in [0.5, 0.6) is 0 Å². The normalized spacial score (nSPS) is 19.7. The van der Waals surface area contributed by atoms with Crippen molar-refractivity contribution in [2.24, 2.45) is 0 Å². The van der Waals surface area contributed by atoms with E-state index < -0.39 is 7.49 Å². The Morgan fingerprint density at radius 3 is 2.64 bits per heavy atom. The molecule has 0 aliphatic carbocycles. The van der Waals surface area contributed by atoms with Crippen molar-refractivity contribution in [1.29, 1.82) is 0 Å². The fourth-order valence-electron chi connectivity index (χ4n) is 1.67. The first-order valence-electron chi connectivity index (χ1n) is 4.84. The summed E-state index contributed by atoms with van der Waals surface area (Å²) < 4.78 is 4.75. The molecule has 3 nitrogen and oxygen atoms in total. The molecule has 4 heteroatoms. The first-order chi connectivity index (χ1) is 6.66. The Hall–Kier alpha value is -0.580. The minimum absolute atomic E-state index is 0.0127. The van der Waals surface area contributed by atoms with Crippen LogP contribution in [0.3, 0.4) is 0 Å². The summed E-state index contributed by atoms with van der Waals surface area (Å²) in [6.45, 7) is 0.0127. The van der Waals surface area contributed by atoms with Gasteiger partial charge in [-0.1, -0.05) is 12.3 Å². The van der Waals surface area contributed by atoms with E-state index in [4.69, 9.17) is 11.2 Å². The second kappa shape index (κ2) is 5.34. The molecule has 0 aromatic carbocycles.